The summed E-state index contributed by atoms with van der Waals surface area (Å²) < 4.78 is 5.34. The first kappa shape index (κ1) is 16.2. The van der Waals surface area contributed by atoms with Gasteiger partial charge in [0.2, 0.25) is 0 Å². The molecule has 0 aromatic carbocycles. The number of pyridine rings is 1. The van der Waals surface area contributed by atoms with Crippen LogP contribution in [0.15, 0.2) is 18.3 Å². The van der Waals surface area contributed by atoms with Crippen molar-refractivity contribution >= 4 is 11.7 Å². The second-order valence-electron chi connectivity index (χ2n) is 6.13. The molecule has 1 amide bonds. The number of nitrogens with zero attached hydrogens (tertiary/aromatic N) is 3. The van der Waals surface area contributed by atoms with Crippen LogP contribution in [0.2, 0.25) is 0 Å². The van der Waals surface area contributed by atoms with E-state index in [1.165, 1.54) is 12.8 Å². The van der Waals surface area contributed by atoms with E-state index < -0.39 is 0 Å². The molecule has 1 aromatic heterocycles. The molecule has 0 bridgehead atoms. The van der Waals surface area contributed by atoms with Crippen LogP contribution in [0.1, 0.15) is 29.6 Å². The van der Waals surface area contributed by atoms with Gasteiger partial charge in [0, 0.05) is 38.9 Å². The van der Waals surface area contributed by atoms with Gasteiger partial charge in [0.1, 0.15) is 5.82 Å². The zero-order chi connectivity index (χ0) is 15.9. The molecule has 2 saturated heterocycles. The monoisotopic (exact) mass is 318 g/mol. The first-order chi connectivity index (χ1) is 11.3. The number of anilines is 1. The SMILES string of the molecule is O=C(NCCCN1CCOCC1)c1cccnc1N1CCCC1. The Bertz CT molecular complexity index is 511. The van der Waals surface area contributed by atoms with Crippen LogP contribution in [-0.2, 0) is 4.74 Å². The molecule has 6 heteroatoms. The quantitative estimate of drug-likeness (QED) is 0.797. The average molecular weight is 318 g/mol. The van der Waals surface area contributed by atoms with Crippen LogP contribution < -0.4 is 10.2 Å². The van der Waals surface area contributed by atoms with Crippen molar-refractivity contribution in [3.63, 3.8) is 0 Å². The van der Waals surface area contributed by atoms with E-state index in [-0.39, 0.29) is 5.91 Å². The van der Waals surface area contributed by atoms with Gasteiger partial charge in [0.25, 0.3) is 5.91 Å². The van der Waals surface area contributed by atoms with Crippen LogP contribution in [-0.4, -0.2) is 68.3 Å². The molecule has 0 radical (unpaired) electrons. The predicted molar refractivity (Wildman–Crippen MR) is 89.9 cm³/mol. The fourth-order valence-corrected chi connectivity index (χ4v) is 3.18. The number of rotatable bonds is 6. The Balaban J connectivity index is 1.48. The Labute approximate surface area is 137 Å². The predicted octanol–water partition coefficient (Wildman–Crippen LogP) is 1.13. The van der Waals surface area contributed by atoms with Gasteiger partial charge in [-0.25, -0.2) is 4.98 Å². The molecule has 23 heavy (non-hydrogen) atoms. The minimum atomic E-state index is -0.0121. The lowest BCUT2D eigenvalue weighted by Crippen LogP contribution is -2.38. The van der Waals surface area contributed by atoms with Gasteiger partial charge in [0.15, 0.2) is 0 Å². The molecule has 0 spiro atoms. The molecular formula is C17H26N4O2. The third kappa shape index (κ3) is 4.42. The first-order valence-electron chi connectivity index (χ1n) is 8.63. The maximum absolute atomic E-state index is 12.5. The molecule has 0 saturated carbocycles. The highest BCUT2D eigenvalue weighted by molar-refractivity contribution is 5.98. The van der Waals surface area contributed by atoms with Gasteiger partial charge < -0.3 is 15.0 Å². The third-order valence-electron chi connectivity index (χ3n) is 4.48. The molecular weight excluding hydrogens is 292 g/mol. The van der Waals surface area contributed by atoms with E-state index in [1.54, 1.807) is 6.20 Å². The van der Waals surface area contributed by atoms with Crippen molar-refractivity contribution in [2.24, 2.45) is 0 Å². The molecule has 3 heterocycles. The Kier molecular flexibility index (Phi) is 5.82. The van der Waals surface area contributed by atoms with Crippen molar-refractivity contribution in [2.45, 2.75) is 19.3 Å². The Morgan fingerprint density at radius 2 is 2.00 bits per heavy atom. The van der Waals surface area contributed by atoms with Crippen molar-refractivity contribution < 1.29 is 9.53 Å². The van der Waals surface area contributed by atoms with Crippen LogP contribution >= 0.6 is 0 Å². The van der Waals surface area contributed by atoms with E-state index in [1.807, 2.05) is 12.1 Å². The van der Waals surface area contributed by atoms with Gasteiger partial charge in [0.05, 0.1) is 18.8 Å². The van der Waals surface area contributed by atoms with Crippen molar-refractivity contribution in [3.05, 3.63) is 23.9 Å². The molecule has 126 valence electrons. The Morgan fingerprint density at radius 3 is 2.78 bits per heavy atom. The van der Waals surface area contributed by atoms with Gasteiger partial charge in [-0.1, -0.05) is 0 Å². The molecule has 0 aliphatic carbocycles. The van der Waals surface area contributed by atoms with Gasteiger partial charge in [-0.3, -0.25) is 9.69 Å². The van der Waals surface area contributed by atoms with E-state index in [9.17, 15) is 4.79 Å². The number of carbonyl (C=O) groups excluding carboxylic acids is 1. The molecule has 2 aliphatic heterocycles. The maximum Gasteiger partial charge on any atom is 0.255 e. The Morgan fingerprint density at radius 1 is 1.22 bits per heavy atom. The summed E-state index contributed by atoms with van der Waals surface area (Å²) in [6.07, 6.45) is 5.09. The summed E-state index contributed by atoms with van der Waals surface area (Å²) in [4.78, 5) is 21.5. The van der Waals surface area contributed by atoms with Crippen LogP contribution in [0, 0.1) is 0 Å². The largest absolute Gasteiger partial charge is 0.379 e. The van der Waals surface area contributed by atoms with Crippen LogP contribution in [0.25, 0.3) is 0 Å². The van der Waals surface area contributed by atoms with Crippen molar-refractivity contribution in [2.75, 3.05) is 57.4 Å². The summed E-state index contributed by atoms with van der Waals surface area (Å²) in [7, 11) is 0. The molecule has 1 N–H and O–H groups in total. The van der Waals surface area contributed by atoms with Gasteiger partial charge in [-0.05, 0) is 37.9 Å². The molecule has 2 fully saturated rings. The lowest BCUT2D eigenvalue weighted by atomic mass is 10.2. The summed E-state index contributed by atoms with van der Waals surface area (Å²) in [5, 5.41) is 3.04. The van der Waals surface area contributed by atoms with E-state index in [0.717, 1.165) is 58.2 Å². The lowest BCUT2D eigenvalue weighted by Gasteiger charge is -2.26. The average Bonchev–Trinajstić information content (AvgIpc) is 3.14. The van der Waals surface area contributed by atoms with Gasteiger partial charge in [-0.15, -0.1) is 0 Å². The summed E-state index contributed by atoms with van der Waals surface area (Å²) in [6.45, 7) is 7.33. The minimum Gasteiger partial charge on any atom is -0.379 e. The fraction of sp³-hybridized carbons (Fsp3) is 0.647. The fourth-order valence-electron chi connectivity index (χ4n) is 3.18. The number of morpholine rings is 1. The summed E-state index contributed by atoms with van der Waals surface area (Å²) in [5.74, 6) is 0.817. The summed E-state index contributed by atoms with van der Waals surface area (Å²) in [5.41, 5.74) is 0.695. The number of amides is 1. The highest BCUT2D eigenvalue weighted by Gasteiger charge is 2.20. The number of hydrogen-bond acceptors (Lipinski definition) is 5. The number of carbonyl (C=O) groups is 1. The molecule has 2 aliphatic rings. The highest BCUT2D eigenvalue weighted by Crippen LogP contribution is 2.21. The van der Waals surface area contributed by atoms with Crippen LogP contribution in [0.5, 0.6) is 0 Å². The second kappa shape index (κ2) is 8.26. The minimum absolute atomic E-state index is 0.0121. The zero-order valence-corrected chi connectivity index (χ0v) is 13.7. The molecule has 0 atom stereocenters. The van der Waals surface area contributed by atoms with Crippen LogP contribution in [0.4, 0.5) is 5.82 Å². The summed E-state index contributed by atoms with van der Waals surface area (Å²) in [6, 6.07) is 3.71. The zero-order valence-electron chi connectivity index (χ0n) is 13.7. The smallest absolute Gasteiger partial charge is 0.255 e. The van der Waals surface area contributed by atoms with Crippen molar-refractivity contribution in [1.82, 2.24) is 15.2 Å². The molecule has 3 rings (SSSR count). The van der Waals surface area contributed by atoms with Crippen molar-refractivity contribution in [1.29, 1.82) is 0 Å². The lowest BCUT2D eigenvalue weighted by molar-refractivity contribution is 0.0374. The molecule has 0 unspecified atom stereocenters. The van der Waals surface area contributed by atoms with E-state index >= 15 is 0 Å². The maximum atomic E-state index is 12.5. The second-order valence-corrected chi connectivity index (χ2v) is 6.13. The standard InChI is InChI=1S/C17H26N4O2/c22-17(19-7-4-8-20-11-13-23-14-12-20)15-5-3-6-18-16(15)21-9-1-2-10-21/h3,5-6H,1-2,4,7-14H2,(H,19,22). The van der Waals surface area contributed by atoms with E-state index in [0.29, 0.717) is 12.1 Å². The van der Waals surface area contributed by atoms with E-state index in [4.69, 9.17) is 4.74 Å². The van der Waals surface area contributed by atoms with Gasteiger partial charge in [-0.2, -0.15) is 0 Å². The summed E-state index contributed by atoms with van der Waals surface area (Å²) >= 11 is 0. The number of ether oxygens (including phenoxy) is 1. The topological polar surface area (TPSA) is 57.7 Å². The van der Waals surface area contributed by atoms with E-state index in [2.05, 4.69) is 20.1 Å². The third-order valence-corrected chi connectivity index (χ3v) is 4.48. The molecule has 1 aromatic rings. The highest BCUT2D eigenvalue weighted by atomic mass is 16.5. The first-order valence-corrected chi connectivity index (χ1v) is 8.63. The number of aromatic nitrogens is 1. The van der Waals surface area contributed by atoms with Gasteiger partial charge >= 0.3 is 0 Å². The van der Waals surface area contributed by atoms with Crippen LogP contribution in [0.3, 0.4) is 0 Å². The Hall–Kier alpha value is -1.66. The molecule has 6 nitrogen and oxygen atoms in total. The number of hydrogen-bond donors (Lipinski definition) is 1. The number of nitrogens with one attached hydrogen (secondary N) is 1. The van der Waals surface area contributed by atoms with Crippen molar-refractivity contribution in [3.8, 4) is 0 Å². The normalized spacial score (nSPS) is 19.0.